The molecule has 6 aromatic heterocycles. The molecule has 3 aromatic carbocycles. The summed E-state index contributed by atoms with van der Waals surface area (Å²) in [7, 11) is -25.3. The fraction of sp³-hybridized carbons (Fsp3) is 0.440. The van der Waals surface area contributed by atoms with Gasteiger partial charge in [-0.05, 0) is 133 Å². The second-order valence-corrected chi connectivity index (χ2v) is 41.5. The van der Waals surface area contributed by atoms with Crippen molar-refractivity contribution in [3.05, 3.63) is 157 Å². The zero-order valence-electron chi connectivity index (χ0n) is 68.1. The zero-order valence-corrected chi connectivity index (χ0v) is 75.5. The van der Waals surface area contributed by atoms with Gasteiger partial charge in [-0.3, -0.25) is 42.1 Å². The third kappa shape index (κ3) is 22.7. The van der Waals surface area contributed by atoms with Gasteiger partial charge in [0.2, 0.25) is 30.1 Å². The molecule has 6 fully saturated rings. The van der Waals surface area contributed by atoms with E-state index in [-0.39, 0.29) is 90.7 Å². The van der Waals surface area contributed by atoms with Crippen molar-refractivity contribution in [1.82, 2.24) is 58.5 Å². The fourth-order valence-corrected chi connectivity index (χ4v) is 20.4. The van der Waals surface area contributed by atoms with Crippen LogP contribution in [0, 0.1) is 72.5 Å². The molecule has 126 heavy (non-hydrogen) atoms. The highest BCUT2D eigenvalue weighted by Crippen LogP contribution is 2.46. The molecule has 672 valence electrons. The molecule has 0 saturated carbocycles. The van der Waals surface area contributed by atoms with Gasteiger partial charge >= 0.3 is 23.5 Å². The number of hydrogen-bond donors (Lipinski definition) is 9. The Balaban J connectivity index is 0.000000162. The molecule has 3 amide bonds. The van der Waals surface area contributed by atoms with Crippen molar-refractivity contribution in [2.45, 2.75) is 115 Å². The fourth-order valence-electron chi connectivity index (χ4n) is 16.4. The molecule has 9 atom stereocenters. The first-order valence-corrected chi connectivity index (χ1v) is 50.6. The number of piperidine rings is 3. The topological polar surface area (TPSA) is 571 Å². The number of sulfonamides is 3. The lowest BCUT2D eigenvalue weighted by atomic mass is 9.98. The lowest BCUT2D eigenvalue weighted by Crippen LogP contribution is -2.39. The summed E-state index contributed by atoms with van der Waals surface area (Å²) < 4.78 is 132. The van der Waals surface area contributed by atoms with Gasteiger partial charge in [-0.1, -0.05) is 34.8 Å². The van der Waals surface area contributed by atoms with Gasteiger partial charge in [0.1, 0.15) is 35.8 Å². The molecular formula is C75H87Cl3N21O21P3S3. The van der Waals surface area contributed by atoms with Gasteiger partial charge < -0.3 is 58.8 Å². The molecule has 9 aromatic rings. The second kappa shape index (κ2) is 37.5. The number of phosphoric acid groups is 3. The van der Waals surface area contributed by atoms with Gasteiger partial charge in [0.15, 0.2) is 16.9 Å². The van der Waals surface area contributed by atoms with Gasteiger partial charge in [0, 0.05) is 127 Å². The summed E-state index contributed by atoms with van der Waals surface area (Å²) in [6.45, 7) is 7.50. The van der Waals surface area contributed by atoms with E-state index in [4.69, 9.17) is 78.6 Å². The third-order valence-corrected chi connectivity index (χ3v) is 25.8. The molecule has 0 bridgehead atoms. The lowest BCUT2D eigenvalue weighted by molar-refractivity contribution is 0.0600. The van der Waals surface area contributed by atoms with E-state index in [1.54, 1.807) is 79.7 Å². The van der Waals surface area contributed by atoms with Crippen molar-refractivity contribution in [1.29, 1.82) is 15.8 Å². The van der Waals surface area contributed by atoms with E-state index >= 15 is 0 Å². The minimum atomic E-state index is -4.79. The number of aryl methyl sites for hydroxylation is 3. The molecule has 9 N–H and O–H groups in total. The third-order valence-electron chi connectivity index (χ3n) is 21.7. The monoisotopic (exact) mass is 1910 g/mol. The molecule has 0 spiro atoms. The number of carbonyl (C=O) groups is 3. The Bertz CT molecular complexity index is 5820. The highest BCUT2D eigenvalue weighted by molar-refractivity contribution is 7.92. The summed E-state index contributed by atoms with van der Waals surface area (Å²) in [6.07, 6.45) is 12.1. The van der Waals surface area contributed by atoms with Crippen LogP contribution in [-0.4, -0.2) is 227 Å². The maximum atomic E-state index is 13.8. The average Bonchev–Trinajstić information content (AvgIpc) is 1.62. The first kappa shape index (κ1) is 93.9. The molecule has 6 saturated heterocycles. The van der Waals surface area contributed by atoms with E-state index in [2.05, 4.69) is 14.2 Å². The van der Waals surface area contributed by atoms with E-state index in [0.717, 1.165) is 74.0 Å². The van der Waals surface area contributed by atoms with E-state index in [0.29, 0.717) is 105 Å². The highest BCUT2D eigenvalue weighted by atomic mass is 35.5. The minimum Gasteiger partial charge on any atom is -0.352 e. The molecule has 0 aliphatic carbocycles. The quantitative estimate of drug-likeness (QED) is 0.0304. The van der Waals surface area contributed by atoms with Crippen LogP contribution in [0.1, 0.15) is 141 Å². The van der Waals surface area contributed by atoms with Crippen LogP contribution < -0.4 is 28.9 Å². The van der Waals surface area contributed by atoms with Crippen molar-refractivity contribution in [3.63, 3.8) is 0 Å². The van der Waals surface area contributed by atoms with E-state index in [9.17, 15) is 98.5 Å². The Hall–Kier alpha value is -9.75. The number of phosphoric ester groups is 3. The van der Waals surface area contributed by atoms with Gasteiger partial charge in [-0.15, -0.1) is 0 Å². The highest BCUT2D eigenvalue weighted by Gasteiger charge is 2.44. The van der Waals surface area contributed by atoms with Crippen LogP contribution in [0.15, 0.2) is 91.4 Å². The van der Waals surface area contributed by atoms with Gasteiger partial charge in [-0.25, -0.2) is 67.4 Å². The summed E-state index contributed by atoms with van der Waals surface area (Å²) in [5.41, 5.74) is 6.22. The van der Waals surface area contributed by atoms with Crippen LogP contribution in [0.2, 0.25) is 15.1 Å². The maximum Gasteiger partial charge on any atom is 0.469 e. The number of rotatable bonds is 21. The van der Waals surface area contributed by atoms with Crippen LogP contribution in [0.5, 0.6) is 0 Å². The molecule has 15 rings (SSSR count). The van der Waals surface area contributed by atoms with Gasteiger partial charge in [-0.2, -0.15) is 31.1 Å². The molecule has 6 aliphatic heterocycles. The summed E-state index contributed by atoms with van der Waals surface area (Å²) in [5.74, 6) is -1.85. The normalized spacial score (nSPS) is 21.5. The predicted molar refractivity (Wildman–Crippen MR) is 461 cm³/mol. The van der Waals surface area contributed by atoms with Gasteiger partial charge in [0.05, 0.1) is 124 Å². The molecule has 12 heterocycles. The van der Waals surface area contributed by atoms with Crippen LogP contribution in [0.4, 0.5) is 34.5 Å². The van der Waals surface area contributed by atoms with Crippen molar-refractivity contribution in [3.8, 4) is 18.2 Å². The molecule has 6 aliphatic rings. The van der Waals surface area contributed by atoms with Crippen LogP contribution in [0.25, 0.3) is 16.9 Å². The van der Waals surface area contributed by atoms with Crippen molar-refractivity contribution >= 4 is 158 Å². The smallest absolute Gasteiger partial charge is 0.352 e. The number of fused-ring (bicyclic) bond motifs is 3. The second-order valence-electron chi connectivity index (χ2n) is 31.4. The standard InChI is InChI=1S/3C25H29ClN7O7PS/c3*1-15-12-33-23(28-24(15)31-13-16(11-27)22(14-31)40-41(35,36)37)10-20(29-33)21-5-3-4-8-32(21)25(34)18-9-17(26)6-7-19(18)30-42(2,38)39/h3*6-7,9-10,12,16,21-22,30H,3-5,8,13-14H2,1-2H3,(H2,35,36,37)/t16-,21+,22-;16-,21-,22+;16-,21-,22-/m100/s1. The van der Waals surface area contributed by atoms with Crippen LogP contribution in [-0.2, 0) is 57.3 Å². The summed E-state index contributed by atoms with van der Waals surface area (Å²) >= 11 is 18.5. The van der Waals surface area contributed by atoms with E-state index < -0.39 is 108 Å². The number of nitrogens with zero attached hydrogens (tertiary/aromatic N) is 18. The Morgan fingerprint density at radius 1 is 0.421 bits per heavy atom. The zero-order chi connectivity index (χ0) is 91.2. The number of nitriles is 3. The van der Waals surface area contributed by atoms with Crippen LogP contribution >= 0.6 is 58.3 Å². The number of hydrogen-bond acceptors (Lipinski definition) is 27. The number of carbonyl (C=O) groups excluding carboxylic acids is 3. The Kier molecular flexibility index (Phi) is 28.0. The SMILES string of the molecule is Cc1cn2nc([C@@H]3CCCCN3C(=O)c3cc(Cl)ccc3NS(C)(=O)=O)cc2nc1N1C[C@@H](C#N)[C@H](OP(=O)(O)O)C1.Cc1cn2nc([C@@H]3CCCCN3C(=O)c3cc(Cl)ccc3NS(C)(=O)=O)cc2nc1N1C[C@H](C#N)[C@H](OP(=O)(O)O)C1.Cc1cn2nc([C@@H]3CCCCN3C(=O)c3cc(Cl)ccc3NS(C)(=O)=O)cc2nc1N1C[C@H](OP(=O)(O)O)[C@@H](C#N)C1. The Labute approximate surface area is 737 Å². The Morgan fingerprint density at radius 2 is 0.675 bits per heavy atom. The lowest BCUT2D eigenvalue weighted by Gasteiger charge is -2.35. The number of likely N-dealkylation sites (tertiary alicyclic amines) is 3. The van der Waals surface area contributed by atoms with Crippen molar-refractivity contribution in [2.75, 3.05) is 107 Å². The van der Waals surface area contributed by atoms with Gasteiger partial charge in [0.25, 0.3) is 17.7 Å². The van der Waals surface area contributed by atoms with Crippen molar-refractivity contribution < 1.29 is 96.3 Å². The Morgan fingerprint density at radius 3 is 0.905 bits per heavy atom. The summed E-state index contributed by atoms with van der Waals surface area (Å²) in [6, 6.07) is 23.5. The number of halogens is 3. The number of nitrogens with one attached hydrogen (secondary N) is 3. The molecule has 42 nitrogen and oxygen atoms in total. The van der Waals surface area contributed by atoms with E-state index in [1.165, 1.54) is 54.6 Å². The summed E-state index contributed by atoms with van der Waals surface area (Å²) in [5, 5.41) is 43.5. The van der Waals surface area contributed by atoms with Crippen LogP contribution in [0.3, 0.4) is 0 Å². The molecule has 0 radical (unpaired) electrons. The largest absolute Gasteiger partial charge is 0.469 e. The van der Waals surface area contributed by atoms with Crippen molar-refractivity contribution in [2.24, 2.45) is 17.8 Å². The number of benzene rings is 3. The molecule has 0 unspecified atom stereocenters. The summed E-state index contributed by atoms with van der Waals surface area (Å²) in [4.78, 5) is 121. The number of anilines is 6. The average molecular weight is 1910 g/mol. The number of aromatic nitrogens is 9. The predicted octanol–water partition coefficient (Wildman–Crippen LogP) is 8.60. The maximum absolute atomic E-state index is 13.8. The van der Waals surface area contributed by atoms with E-state index in [1.807, 2.05) is 39.0 Å². The number of amides is 3. The minimum absolute atomic E-state index is 0.0722. The molecule has 51 heteroatoms. The first-order valence-electron chi connectivity index (χ1n) is 39.2. The first-order chi connectivity index (χ1) is 59.2. The molecular weight excluding hydrogens is 1830 g/mol.